The molecule has 0 atom stereocenters. The number of hydrogen-bond donors (Lipinski definition) is 3. The normalized spacial score (nSPS) is 11.1. The number of guanidine groups is 1. The standard InChI is InChI=1S/C19H16FN5O3/c1-28-14-6-7-15(16(26)8-14)17(27)11-9-22-19(23-10-11)25-18(21)24-13-4-2-12(20)3-5-13/h2-10,26H,1H3,(H3,21,22,23,24,25). The Morgan fingerprint density at radius 1 is 1.18 bits per heavy atom. The van der Waals surface area contributed by atoms with E-state index < -0.39 is 5.78 Å². The van der Waals surface area contributed by atoms with Gasteiger partial charge in [0, 0.05) is 24.1 Å². The van der Waals surface area contributed by atoms with Gasteiger partial charge in [0.2, 0.25) is 5.96 Å². The Morgan fingerprint density at radius 3 is 2.46 bits per heavy atom. The van der Waals surface area contributed by atoms with Gasteiger partial charge < -0.3 is 20.9 Å². The molecule has 0 fully saturated rings. The maximum Gasteiger partial charge on any atom is 0.252 e. The highest BCUT2D eigenvalue weighted by Crippen LogP contribution is 2.25. The average molecular weight is 381 g/mol. The quantitative estimate of drug-likeness (QED) is 0.353. The Kier molecular flexibility index (Phi) is 5.45. The summed E-state index contributed by atoms with van der Waals surface area (Å²) >= 11 is 0. The van der Waals surface area contributed by atoms with Gasteiger partial charge in [0.25, 0.3) is 5.95 Å². The second kappa shape index (κ2) is 8.12. The second-order valence-electron chi connectivity index (χ2n) is 5.61. The summed E-state index contributed by atoms with van der Waals surface area (Å²) in [6.45, 7) is 0. The molecule has 0 aliphatic carbocycles. The smallest absolute Gasteiger partial charge is 0.252 e. The first-order valence-electron chi connectivity index (χ1n) is 8.07. The number of nitrogens with two attached hydrogens (primary N) is 1. The predicted molar refractivity (Wildman–Crippen MR) is 101 cm³/mol. The third-order valence-corrected chi connectivity index (χ3v) is 3.69. The minimum absolute atomic E-state index is 0.00140. The van der Waals surface area contributed by atoms with E-state index in [0.717, 1.165) is 0 Å². The number of aromatic hydroxyl groups is 1. The molecule has 4 N–H and O–H groups in total. The molecule has 2 aromatic carbocycles. The third kappa shape index (κ3) is 4.39. The summed E-state index contributed by atoms with van der Waals surface area (Å²) in [7, 11) is 1.46. The zero-order chi connectivity index (χ0) is 20.1. The largest absolute Gasteiger partial charge is 0.507 e. The van der Waals surface area contributed by atoms with E-state index in [2.05, 4.69) is 20.3 Å². The number of ether oxygens (including phenoxy) is 1. The molecule has 0 bridgehead atoms. The van der Waals surface area contributed by atoms with Crippen molar-refractivity contribution in [3.63, 3.8) is 0 Å². The van der Waals surface area contributed by atoms with Gasteiger partial charge in [-0.2, -0.15) is 4.99 Å². The highest BCUT2D eigenvalue weighted by atomic mass is 19.1. The van der Waals surface area contributed by atoms with E-state index in [4.69, 9.17) is 10.5 Å². The molecule has 0 aliphatic heterocycles. The van der Waals surface area contributed by atoms with Crippen molar-refractivity contribution < 1.29 is 19.0 Å². The molecule has 0 aliphatic rings. The van der Waals surface area contributed by atoms with Crippen LogP contribution in [-0.4, -0.2) is 33.9 Å². The Hall–Kier alpha value is -4.01. The Morgan fingerprint density at radius 2 is 1.86 bits per heavy atom. The lowest BCUT2D eigenvalue weighted by atomic mass is 10.0. The van der Waals surface area contributed by atoms with Gasteiger partial charge in [-0.25, -0.2) is 14.4 Å². The monoisotopic (exact) mass is 381 g/mol. The number of phenolic OH excluding ortho intramolecular Hbond substituents is 1. The number of carbonyl (C=O) groups is 1. The van der Waals surface area contributed by atoms with Crippen molar-refractivity contribution in [2.75, 3.05) is 12.4 Å². The number of ketones is 1. The molecule has 1 heterocycles. The van der Waals surface area contributed by atoms with Crippen LogP contribution in [0.4, 0.5) is 16.0 Å². The first kappa shape index (κ1) is 18.8. The number of aromatic nitrogens is 2. The number of nitrogens with zero attached hydrogens (tertiary/aromatic N) is 3. The fraction of sp³-hybridized carbons (Fsp3) is 0.0526. The number of aliphatic imine (C=N–C) groups is 1. The van der Waals surface area contributed by atoms with Crippen molar-refractivity contribution in [1.82, 2.24) is 9.97 Å². The summed E-state index contributed by atoms with van der Waals surface area (Å²) in [6, 6.07) is 9.92. The zero-order valence-electron chi connectivity index (χ0n) is 14.8. The number of methoxy groups -OCH3 is 1. The van der Waals surface area contributed by atoms with E-state index in [0.29, 0.717) is 11.4 Å². The van der Waals surface area contributed by atoms with E-state index in [9.17, 15) is 14.3 Å². The van der Waals surface area contributed by atoms with E-state index in [1.54, 1.807) is 6.07 Å². The molecule has 0 amide bonds. The minimum Gasteiger partial charge on any atom is -0.507 e. The average Bonchev–Trinajstić information content (AvgIpc) is 2.69. The van der Waals surface area contributed by atoms with Crippen molar-refractivity contribution in [3.8, 4) is 11.5 Å². The van der Waals surface area contributed by atoms with Crippen LogP contribution in [0, 0.1) is 5.82 Å². The number of phenols is 1. The molecule has 0 saturated heterocycles. The van der Waals surface area contributed by atoms with Crippen molar-refractivity contribution >= 4 is 23.4 Å². The maximum absolute atomic E-state index is 12.9. The summed E-state index contributed by atoms with van der Waals surface area (Å²) in [5.74, 6) is -0.569. The van der Waals surface area contributed by atoms with Crippen LogP contribution in [0.2, 0.25) is 0 Å². The lowest BCUT2D eigenvalue weighted by molar-refractivity contribution is 0.103. The molecule has 9 heteroatoms. The molecule has 8 nitrogen and oxygen atoms in total. The van der Waals surface area contributed by atoms with Gasteiger partial charge in [0.1, 0.15) is 17.3 Å². The first-order valence-corrected chi connectivity index (χ1v) is 8.07. The number of rotatable bonds is 5. The van der Waals surface area contributed by atoms with Crippen molar-refractivity contribution in [1.29, 1.82) is 0 Å². The summed E-state index contributed by atoms with van der Waals surface area (Å²) < 4.78 is 17.9. The van der Waals surface area contributed by atoms with Crippen LogP contribution in [0.1, 0.15) is 15.9 Å². The summed E-state index contributed by atoms with van der Waals surface area (Å²) in [5.41, 5.74) is 6.58. The van der Waals surface area contributed by atoms with Crippen LogP contribution in [-0.2, 0) is 0 Å². The van der Waals surface area contributed by atoms with Gasteiger partial charge in [-0.15, -0.1) is 0 Å². The number of nitrogens with one attached hydrogen (secondary N) is 1. The molecule has 0 radical (unpaired) electrons. The Balaban J connectivity index is 1.73. The Labute approximate surface area is 159 Å². The molecule has 3 rings (SSSR count). The Bertz CT molecular complexity index is 1020. The van der Waals surface area contributed by atoms with Gasteiger partial charge in [-0.3, -0.25) is 4.79 Å². The van der Waals surface area contributed by atoms with Crippen LogP contribution < -0.4 is 15.8 Å². The number of benzene rings is 2. The van der Waals surface area contributed by atoms with Gasteiger partial charge in [0.15, 0.2) is 5.78 Å². The molecule has 3 aromatic rings. The second-order valence-corrected chi connectivity index (χ2v) is 5.61. The number of anilines is 1. The van der Waals surface area contributed by atoms with Gasteiger partial charge >= 0.3 is 0 Å². The molecule has 28 heavy (non-hydrogen) atoms. The third-order valence-electron chi connectivity index (χ3n) is 3.69. The highest BCUT2D eigenvalue weighted by Gasteiger charge is 2.15. The lowest BCUT2D eigenvalue weighted by Gasteiger charge is -2.06. The number of carbonyl (C=O) groups excluding carboxylic acids is 1. The lowest BCUT2D eigenvalue weighted by Crippen LogP contribution is -2.22. The topological polar surface area (TPSA) is 123 Å². The number of halogens is 1. The summed E-state index contributed by atoms with van der Waals surface area (Å²) in [5, 5.41) is 12.7. The minimum atomic E-state index is -0.451. The molecule has 0 unspecified atom stereocenters. The molecule has 0 saturated carbocycles. The summed E-state index contributed by atoms with van der Waals surface area (Å²) in [4.78, 5) is 24.4. The van der Waals surface area contributed by atoms with Crippen LogP contribution in [0.25, 0.3) is 0 Å². The van der Waals surface area contributed by atoms with Gasteiger partial charge in [-0.1, -0.05) is 0 Å². The first-order chi connectivity index (χ1) is 13.5. The van der Waals surface area contributed by atoms with Crippen molar-refractivity contribution in [2.45, 2.75) is 0 Å². The molecular formula is C19H16FN5O3. The molecule has 0 spiro atoms. The molecule has 142 valence electrons. The fourth-order valence-corrected chi connectivity index (χ4v) is 2.30. The highest BCUT2D eigenvalue weighted by molar-refractivity contribution is 6.10. The van der Waals surface area contributed by atoms with E-state index in [1.807, 2.05) is 0 Å². The molecular weight excluding hydrogens is 365 g/mol. The van der Waals surface area contributed by atoms with Crippen molar-refractivity contribution in [2.24, 2.45) is 10.7 Å². The number of hydrogen-bond acceptors (Lipinski definition) is 6. The molecule has 1 aromatic heterocycles. The van der Waals surface area contributed by atoms with E-state index in [-0.39, 0.29) is 34.6 Å². The SMILES string of the molecule is COc1ccc(C(=O)c2cnc(/N=C(\N)Nc3ccc(F)cc3)nc2)c(O)c1. The van der Waals surface area contributed by atoms with E-state index >= 15 is 0 Å². The maximum atomic E-state index is 12.9. The van der Waals surface area contributed by atoms with Crippen LogP contribution in [0.5, 0.6) is 11.5 Å². The van der Waals surface area contributed by atoms with Crippen LogP contribution in [0.15, 0.2) is 59.9 Å². The van der Waals surface area contributed by atoms with Crippen LogP contribution >= 0.6 is 0 Å². The van der Waals surface area contributed by atoms with E-state index in [1.165, 1.54) is 55.9 Å². The van der Waals surface area contributed by atoms with Gasteiger partial charge in [-0.05, 0) is 36.4 Å². The summed E-state index contributed by atoms with van der Waals surface area (Å²) in [6.07, 6.45) is 2.56. The van der Waals surface area contributed by atoms with Crippen LogP contribution in [0.3, 0.4) is 0 Å². The van der Waals surface area contributed by atoms with Gasteiger partial charge in [0.05, 0.1) is 18.2 Å². The zero-order valence-corrected chi connectivity index (χ0v) is 14.8. The van der Waals surface area contributed by atoms with Crippen molar-refractivity contribution in [3.05, 3.63) is 71.8 Å². The fourth-order valence-electron chi connectivity index (χ4n) is 2.30. The predicted octanol–water partition coefficient (Wildman–Crippen LogP) is 2.62.